The van der Waals surface area contributed by atoms with Crippen LogP contribution in [0.25, 0.3) is 64.6 Å². The van der Waals surface area contributed by atoms with Gasteiger partial charge in [-0.3, -0.25) is 0 Å². The molecule has 0 radical (unpaired) electrons. The number of fused-ring (bicyclic) bond motifs is 8. The summed E-state index contributed by atoms with van der Waals surface area (Å²) in [7, 11) is 14.5. The predicted octanol–water partition coefficient (Wildman–Crippen LogP) is 13.5. The molecule has 8 aromatic rings. The molecular weight excluding hydrogens is 725 g/mol. The third-order valence-corrected chi connectivity index (χ3v) is 15.1. The molecule has 8 heteroatoms. The van der Waals surface area contributed by atoms with Gasteiger partial charge in [0.05, 0.1) is 0 Å². The Labute approximate surface area is 319 Å². The van der Waals surface area contributed by atoms with E-state index in [1.54, 1.807) is 0 Å². The van der Waals surface area contributed by atoms with Crippen LogP contribution in [0.3, 0.4) is 0 Å². The number of hydrogen-bond acceptors (Lipinski definition) is 6. The average Bonchev–Trinajstić information content (AvgIpc) is 3.14. The molecule has 0 fully saturated rings. The highest BCUT2D eigenvalue weighted by Gasteiger charge is 2.12. The molecule has 248 valence electrons. The van der Waals surface area contributed by atoms with Crippen molar-refractivity contribution in [1.82, 2.24) is 9.80 Å². The minimum atomic E-state index is 0.837. The zero-order valence-electron chi connectivity index (χ0n) is 28.0. The molecule has 0 saturated carbocycles. The van der Waals surface area contributed by atoms with Gasteiger partial charge in [-0.05, 0) is 112 Å². The largest absolute Gasteiger partial charge is 0.363 e. The molecule has 8 rings (SSSR count). The smallest absolute Gasteiger partial charge is 0.146 e. The van der Waals surface area contributed by atoms with E-state index in [4.69, 9.17) is 24.4 Å². The summed E-state index contributed by atoms with van der Waals surface area (Å²) in [4.78, 5) is 6.39. The van der Waals surface area contributed by atoms with Crippen LogP contribution in [-0.4, -0.2) is 46.6 Å². The first-order valence-electron chi connectivity index (χ1n) is 16.1. The lowest BCUT2D eigenvalue weighted by molar-refractivity contribution is 0.647. The van der Waals surface area contributed by atoms with Crippen LogP contribution in [-0.2, 0) is 0 Å². The minimum Gasteiger partial charge on any atom is -0.363 e. The zero-order chi connectivity index (χ0) is 34.8. The molecule has 0 aliphatic heterocycles. The van der Waals surface area contributed by atoms with E-state index in [0.717, 1.165) is 8.64 Å². The van der Waals surface area contributed by atoms with Crippen molar-refractivity contribution in [3.05, 3.63) is 133 Å². The van der Waals surface area contributed by atoms with Crippen LogP contribution >= 0.6 is 67.6 Å². The van der Waals surface area contributed by atoms with Crippen molar-refractivity contribution in [2.24, 2.45) is 0 Å². The molecule has 0 N–H and O–H groups in total. The van der Waals surface area contributed by atoms with E-state index in [9.17, 15) is 0 Å². The first-order valence-corrected chi connectivity index (χ1v) is 21.2. The molecule has 0 spiro atoms. The maximum absolute atomic E-state index is 5.07. The van der Waals surface area contributed by atoms with E-state index < -0.39 is 0 Å². The van der Waals surface area contributed by atoms with Gasteiger partial charge in [-0.25, -0.2) is 0 Å². The minimum absolute atomic E-state index is 0.837. The quantitative estimate of drug-likeness (QED) is 0.0751. The lowest BCUT2D eigenvalue weighted by Crippen LogP contribution is -2.18. The molecule has 0 heterocycles. The molecule has 0 amide bonds. The van der Waals surface area contributed by atoms with Gasteiger partial charge in [-0.15, -0.1) is 0 Å². The predicted molar refractivity (Wildman–Crippen MR) is 237 cm³/mol. The van der Waals surface area contributed by atoms with E-state index in [1.165, 1.54) is 96.0 Å². The van der Waals surface area contributed by atoms with E-state index >= 15 is 0 Å². The standard InChI is InChI=1S/C36H22S2.C6H12N2S4/c1-3-9-27-21-31-29(19-25(27)7-1)17-15-23-11-5-13-33(35(23)31)37-38-34-14-6-12-24-16-18-30-20-26-8-2-4-10-28(26)22-32(30)36(24)34;1-7(2)5(9)11-12-6(10)8(3)4/h1-22H;1-4H3. The van der Waals surface area contributed by atoms with E-state index in [-0.39, 0.29) is 0 Å². The summed E-state index contributed by atoms with van der Waals surface area (Å²) in [6.07, 6.45) is 0. The fraction of sp³-hybridized carbons (Fsp3) is 0.0952. The van der Waals surface area contributed by atoms with Gasteiger partial charge in [0.1, 0.15) is 8.64 Å². The van der Waals surface area contributed by atoms with Crippen molar-refractivity contribution >= 4 is 141 Å². The van der Waals surface area contributed by atoms with Crippen LogP contribution < -0.4 is 0 Å². The summed E-state index contributed by atoms with van der Waals surface area (Å²) >= 11 is 10.1. The molecule has 0 bridgehead atoms. The second-order valence-corrected chi connectivity index (χ2v) is 17.9. The first kappa shape index (κ1) is 34.9. The Morgan fingerprint density at radius 2 is 0.740 bits per heavy atom. The third-order valence-electron chi connectivity index (χ3n) is 8.51. The van der Waals surface area contributed by atoms with E-state index in [0.29, 0.717) is 0 Å². The van der Waals surface area contributed by atoms with Crippen LogP contribution in [0.2, 0.25) is 0 Å². The summed E-state index contributed by atoms with van der Waals surface area (Å²) in [6.45, 7) is 0. The Bertz CT molecular complexity index is 2380. The molecule has 50 heavy (non-hydrogen) atoms. The highest BCUT2D eigenvalue weighted by molar-refractivity contribution is 8.89. The summed E-state index contributed by atoms with van der Waals surface area (Å²) in [6, 6.07) is 49.1. The monoisotopic (exact) mass is 758 g/mol. The molecule has 2 nitrogen and oxygen atoms in total. The van der Waals surface area contributed by atoms with Gasteiger partial charge in [0, 0.05) is 48.8 Å². The Hall–Kier alpha value is -3.50. The van der Waals surface area contributed by atoms with Crippen molar-refractivity contribution in [1.29, 1.82) is 0 Å². The fourth-order valence-corrected chi connectivity index (χ4v) is 10.8. The van der Waals surface area contributed by atoms with Gasteiger partial charge in [-0.2, -0.15) is 0 Å². The van der Waals surface area contributed by atoms with Crippen LogP contribution in [0, 0.1) is 0 Å². The van der Waals surface area contributed by atoms with E-state index in [1.807, 2.05) is 59.6 Å². The Morgan fingerprint density at radius 1 is 0.400 bits per heavy atom. The topological polar surface area (TPSA) is 6.48 Å². The highest BCUT2D eigenvalue weighted by atomic mass is 33.1. The van der Waals surface area contributed by atoms with Gasteiger partial charge in [0.15, 0.2) is 0 Å². The molecule has 0 atom stereocenters. The molecular formula is C42H34N2S6. The lowest BCUT2D eigenvalue weighted by Gasteiger charge is -2.15. The van der Waals surface area contributed by atoms with Crippen molar-refractivity contribution in [2.45, 2.75) is 9.79 Å². The molecule has 0 aliphatic carbocycles. The van der Waals surface area contributed by atoms with Crippen molar-refractivity contribution in [3.8, 4) is 0 Å². The molecule has 0 aliphatic rings. The lowest BCUT2D eigenvalue weighted by atomic mass is 9.98. The number of nitrogens with zero attached hydrogens (tertiary/aromatic N) is 2. The summed E-state index contributed by atoms with van der Waals surface area (Å²) in [5.41, 5.74) is 0. The molecule has 0 unspecified atom stereocenters. The Morgan fingerprint density at radius 3 is 1.12 bits per heavy atom. The molecule has 0 aromatic heterocycles. The Balaban J connectivity index is 0.000000283. The highest BCUT2D eigenvalue weighted by Crippen LogP contribution is 2.46. The van der Waals surface area contributed by atoms with E-state index in [2.05, 4.69) is 133 Å². The van der Waals surface area contributed by atoms with Crippen LogP contribution in [0.1, 0.15) is 0 Å². The second kappa shape index (κ2) is 15.4. The Kier molecular flexibility index (Phi) is 10.8. The SMILES string of the molecule is CN(C)C(=S)SSC(=S)N(C)C.c1ccc2cc3c(ccc4cccc(SSc5cccc6ccc7cc8ccccc8cc7c56)c43)cc2c1. The summed E-state index contributed by atoms with van der Waals surface area (Å²) < 4.78 is 1.67. The van der Waals surface area contributed by atoms with Gasteiger partial charge in [0.25, 0.3) is 0 Å². The van der Waals surface area contributed by atoms with Crippen LogP contribution in [0.4, 0.5) is 0 Å². The zero-order valence-corrected chi connectivity index (χ0v) is 32.9. The van der Waals surface area contributed by atoms with Gasteiger partial charge in [0.2, 0.25) is 0 Å². The number of benzene rings is 8. The third kappa shape index (κ3) is 7.42. The maximum Gasteiger partial charge on any atom is 0.146 e. The average molecular weight is 759 g/mol. The van der Waals surface area contributed by atoms with Crippen LogP contribution in [0.5, 0.6) is 0 Å². The van der Waals surface area contributed by atoms with Gasteiger partial charge >= 0.3 is 0 Å². The number of hydrogen-bond donors (Lipinski definition) is 0. The van der Waals surface area contributed by atoms with Crippen molar-refractivity contribution in [2.75, 3.05) is 28.2 Å². The maximum atomic E-state index is 5.07. The van der Waals surface area contributed by atoms with Crippen LogP contribution in [0.15, 0.2) is 143 Å². The second-order valence-electron chi connectivity index (χ2n) is 12.3. The van der Waals surface area contributed by atoms with Gasteiger partial charge < -0.3 is 9.80 Å². The van der Waals surface area contributed by atoms with Crippen molar-refractivity contribution in [3.63, 3.8) is 0 Å². The number of rotatable bonds is 3. The van der Waals surface area contributed by atoms with Crippen molar-refractivity contribution < 1.29 is 0 Å². The first-order chi connectivity index (χ1) is 24.3. The summed E-state index contributed by atoms with van der Waals surface area (Å²) in [5, 5.41) is 15.6. The molecule has 0 saturated heterocycles. The summed E-state index contributed by atoms with van der Waals surface area (Å²) in [5.74, 6) is 0. The van der Waals surface area contributed by atoms with Gasteiger partial charge in [-0.1, -0.05) is 143 Å². The normalized spacial score (nSPS) is 11.3. The number of thiocarbonyl (C=S) groups is 2. The fourth-order valence-electron chi connectivity index (χ4n) is 5.98. The molecule has 8 aromatic carbocycles.